The average molecular weight is 218 g/mol. The van der Waals surface area contributed by atoms with Crippen molar-refractivity contribution in [3.8, 4) is 23.3 Å². The monoisotopic (exact) mass is 218 g/mol. The van der Waals surface area contributed by atoms with Crippen molar-refractivity contribution in [3.63, 3.8) is 0 Å². The van der Waals surface area contributed by atoms with Gasteiger partial charge in [-0.25, -0.2) is 0 Å². The summed E-state index contributed by atoms with van der Waals surface area (Å²) in [6.45, 7) is 1.91. The Morgan fingerprint density at radius 3 is 2.41 bits per heavy atom. The first-order chi connectivity index (χ1) is 8.26. The van der Waals surface area contributed by atoms with Crippen molar-refractivity contribution >= 4 is 0 Å². The summed E-state index contributed by atoms with van der Waals surface area (Å²) in [5.41, 5.74) is 4.01. The fraction of sp³-hybridized carbons (Fsp3) is 0.0667. The van der Waals surface area contributed by atoms with Crippen LogP contribution in [0.1, 0.15) is 16.7 Å². The minimum Gasteiger partial charge on any atom is -0.192 e. The maximum Gasteiger partial charge on any atom is 0.100 e. The Kier molecular flexibility index (Phi) is 2.90. The Bertz CT molecular complexity index is 643. The van der Waals surface area contributed by atoms with Crippen LogP contribution in [0.5, 0.6) is 0 Å². The van der Waals surface area contributed by atoms with Crippen LogP contribution in [0.4, 0.5) is 0 Å². The minimum absolute atomic E-state index is 0.605. The molecule has 0 aliphatic rings. The molecule has 80 valence electrons. The fourth-order valence-corrected chi connectivity index (χ4v) is 1.81. The lowest BCUT2D eigenvalue weighted by atomic mass is 9.96. The van der Waals surface area contributed by atoms with Gasteiger partial charge in [0.15, 0.2) is 0 Å². The van der Waals surface area contributed by atoms with Gasteiger partial charge in [-0.15, -0.1) is 0 Å². The molecule has 0 radical (unpaired) electrons. The molecule has 2 nitrogen and oxygen atoms in total. The number of hydrogen-bond acceptors (Lipinski definition) is 2. The van der Waals surface area contributed by atoms with Crippen LogP contribution in [0.15, 0.2) is 42.5 Å². The predicted octanol–water partition coefficient (Wildman–Crippen LogP) is 3.41. The summed E-state index contributed by atoms with van der Waals surface area (Å²) < 4.78 is 0. The minimum atomic E-state index is 0.605. The molecule has 0 aromatic heterocycles. The van der Waals surface area contributed by atoms with Gasteiger partial charge in [-0.2, -0.15) is 10.5 Å². The largest absolute Gasteiger partial charge is 0.192 e. The highest BCUT2D eigenvalue weighted by molar-refractivity contribution is 5.73. The highest BCUT2D eigenvalue weighted by Gasteiger charge is 2.07. The number of benzene rings is 2. The third-order valence-electron chi connectivity index (χ3n) is 2.69. The molecule has 0 spiro atoms. The number of hydrogen-bond donors (Lipinski definition) is 0. The molecule has 0 bridgehead atoms. The lowest BCUT2D eigenvalue weighted by molar-refractivity contribution is 1.39. The topological polar surface area (TPSA) is 47.6 Å². The van der Waals surface area contributed by atoms with Crippen LogP contribution in [0.3, 0.4) is 0 Å². The molecule has 0 saturated carbocycles. The Labute approximate surface area is 100 Å². The first-order valence-corrected chi connectivity index (χ1v) is 5.26. The van der Waals surface area contributed by atoms with Crippen LogP contribution < -0.4 is 0 Å². The van der Waals surface area contributed by atoms with E-state index < -0.39 is 0 Å². The molecular weight excluding hydrogens is 208 g/mol. The fourth-order valence-electron chi connectivity index (χ4n) is 1.81. The zero-order valence-electron chi connectivity index (χ0n) is 9.44. The standard InChI is InChI=1S/C15H10N2/c1-11-4-2-7-14(15(11)10-17)13-6-3-5-12(8-13)9-16/h2-8H,1H3. The van der Waals surface area contributed by atoms with E-state index in [0.717, 1.165) is 16.7 Å². The first kappa shape index (κ1) is 10.9. The van der Waals surface area contributed by atoms with Crippen molar-refractivity contribution in [2.45, 2.75) is 6.92 Å². The van der Waals surface area contributed by atoms with Gasteiger partial charge < -0.3 is 0 Å². The van der Waals surface area contributed by atoms with E-state index >= 15 is 0 Å². The summed E-state index contributed by atoms with van der Waals surface area (Å²) in [6, 6.07) is 17.4. The van der Waals surface area contributed by atoms with Gasteiger partial charge in [-0.3, -0.25) is 0 Å². The molecule has 0 amide bonds. The molecule has 0 saturated heterocycles. The Balaban J connectivity index is 2.66. The van der Waals surface area contributed by atoms with E-state index in [1.165, 1.54) is 0 Å². The second-order valence-electron chi connectivity index (χ2n) is 3.80. The third kappa shape index (κ3) is 2.02. The van der Waals surface area contributed by atoms with Crippen molar-refractivity contribution in [2.75, 3.05) is 0 Å². The Hall–Kier alpha value is -2.58. The van der Waals surface area contributed by atoms with Gasteiger partial charge in [-0.05, 0) is 35.7 Å². The Morgan fingerprint density at radius 1 is 0.941 bits per heavy atom. The quantitative estimate of drug-likeness (QED) is 0.736. The van der Waals surface area contributed by atoms with Crippen molar-refractivity contribution in [3.05, 3.63) is 59.2 Å². The van der Waals surface area contributed by atoms with Gasteiger partial charge in [0.1, 0.15) is 6.07 Å². The molecule has 0 unspecified atom stereocenters. The Morgan fingerprint density at radius 2 is 1.71 bits per heavy atom. The number of nitriles is 2. The van der Waals surface area contributed by atoms with Crippen LogP contribution in [0.25, 0.3) is 11.1 Å². The molecule has 0 atom stereocenters. The molecular formula is C15H10N2. The molecule has 2 heteroatoms. The van der Waals surface area contributed by atoms with E-state index in [0.29, 0.717) is 11.1 Å². The van der Waals surface area contributed by atoms with Crippen LogP contribution >= 0.6 is 0 Å². The van der Waals surface area contributed by atoms with Crippen molar-refractivity contribution in [1.29, 1.82) is 10.5 Å². The molecule has 0 aliphatic carbocycles. The van der Waals surface area contributed by atoms with Crippen molar-refractivity contribution < 1.29 is 0 Å². The van der Waals surface area contributed by atoms with Gasteiger partial charge in [0.25, 0.3) is 0 Å². The van der Waals surface area contributed by atoms with Crippen molar-refractivity contribution in [1.82, 2.24) is 0 Å². The van der Waals surface area contributed by atoms with E-state index in [9.17, 15) is 5.26 Å². The number of rotatable bonds is 1. The number of aryl methyl sites for hydroxylation is 1. The lowest BCUT2D eigenvalue weighted by Gasteiger charge is -2.06. The summed E-state index contributed by atoms with van der Waals surface area (Å²) >= 11 is 0. The summed E-state index contributed by atoms with van der Waals surface area (Å²) in [5.74, 6) is 0. The molecule has 17 heavy (non-hydrogen) atoms. The maximum absolute atomic E-state index is 9.17. The summed E-state index contributed by atoms with van der Waals surface area (Å²) in [6.07, 6.45) is 0. The van der Waals surface area contributed by atoms with Crippen LogP contribution in [-0.2, 0) is 0 Å². The molecule has 0 N–H and O–H groups in total. The van der Waals surface area contributed by atoms with Crippen molar-refractivity contribution in [2.24, 2.45) is 0 Å². The normalized spacial score (nSPS) is 9.35. The summed E-state index contributed by atoms with van der Waals surface area (Å²) in [5, 5.41) is 18.0. The summed E-state index contributed by atoms with van der Waals surface area (Å²) in [4.78, 5) is 0. The maximum atomic E-state index is 9.17. The number of nitrogens with zero attached hydrogens (tertiary/aromatic N) is 2. The molecule has 2 aromatic rings. The zero-order chi connectivity index (χ0) is 12.3. The van der Waals surface area contributed by atoms with E-state index in [-0.39, 0.29) is 0 Å². The van der Waals surface area contributed by atoms with Crippen LogP contribution in [0, 0.1) is 29.6 Å². The SMILES string of the molecule is Cc1cccc(-c2cccc(C#N)c2)c1C#N. The van der Waals surface area contributed by atoms with Crippen LogP contribution in [-0.4, -0.2) is 0 Å². The van der Waals surface area contributed by atoms with E-state index in [1.807, 2.05) is 37.3 Å². The van der Waals surface area contributed by atoms with Gasteiger partial charge in [0.2, 0.25) is 0 Å². The second-order valence-corrected chi connectivity index (χ2v) is 3.80. The van der Waals surface area contributed by atoms with Crippen LogP contribution in [0.2, 0.25) is 0 Å². The smallest absolute Gasteiger partial charge is 0.100 e. The molecule has 0 aliphatic heterocycles. The van der Waals surface area contributed by atoms with Gasteiger partial charge in [0, 0.05) is 0 Å². The van der Waals surface area contributed by atoms with E-state index in [1.54, 1.807) is 12.1 Å². The lowest BCUT2D eigenvalue weighted by Crippen LogP contribution is -1.88. The summed E-state index contributed by atoms with van der Waals surface area (Å²) in [7, 11) is 0. The highest BCUT2D eigenvalue weighted by atomic mass is 14.3. The first-order valence-electron chi connectivity index (χ1n) is 5.26. The molecule has 0 fully saturated rings. The average Bonchev–Trinajstić information content (AvgIpc) is 2.38. The van der Waals surface area contributed by atoms with Gasteiger partial charge in [-0.1, -0.05) is 30.3 Å². The van der Waals surface area contributed by atoms with E-state index in [4.69, 9.17) is 5.26 Å². The zero-order valence-corrected chi connectivity index (χ0v) is 9.44. The predicted molar refractivity (Wildman–Crippen MR) is 66.0 cm³/mol. The van der Waals surface area contributed by atoms with Gasteiger partial charge in [0.05, 0.1) is 17.2 Å². The highest BCUT2D eigenvalue weighted by Crippen LogP contribution is 2.26. The second kappa shape index (κ2) is 4.51. The van der Waals surface area contributed by atoms with E-state index in [2.05, 4.69) is 12.1 Å². The third-order valence-corrected chi connectivity index (χ3v) is 2.69. The molecule has 2 aromatic carbocycles. The van der Waals surface area contributed by atoms with Gasteiger partial charge >= 0.3 is 0 Å². The molecule has 2 rings (SSSR count). The molecule has 0 heterocycles.